The van der Waals surface area contributed by atoms with E-state index in [9.17, 15) is 14.4 Å². The number of hydrogen-bond acceptors (Lipinski definition) is 3. The van der Waals surface area contributed by atoms with Gasteiger partial charge in [-0.1, -0.05) is 32.6 Å². The van der Waals surface area contributed by atoms with Gasteiger partial charge in [0.2, 0.25) is 11.8 Å². The van der Waals surface area contributed by atoms with Gasteiger partial charge in [0.05, 0.1) is 6.04 Å². The Kier molecular flexibility index (Phi) is 4.66. The van der Waals surface area contributed by atoms with E-state index in [1.165, 1.54) is 4.90 Å². The largest absolute Gasteiger partial charge is 0.331 e. The van der Waals surface area contributed by atoms with Gasteiger partial charge in [0.25, 0.3) is 0 Å². The van der Waals surface area contributed by atoms with E-state index in [1.807, 2.05) is 6.92 Å². The van der Waals surface area contributed by atoms with Crippen LogP contribution in [0.3, 0.4) is 0 Å². The maximum Gasteiger partial charge on any atom is 0.331 e. The number of terminal acetylenes is 1. The first kappa shape index (κ1) is 15.6. The standard InChI is InChI=1S/C16H22N2O3/c1-3-9-12(4-2)18-14(20)16(13(19)17-15(18)21)10-7-5-6-8-11-16/h1,12H,4-11H2,2H3,(H,17,19,21). The zero-order valence-corrected chi connectivity index (χ0v) is 12.5. The van der Waals surface area contributed by atoms with Crippen molar-refractivity contribution < 1.29 is 14.4 Å². The number of imide groups is 2. The van der Waals surface area contributed by atoms with Crippen LogP contribution in [0.25, 0.3) is 0 Å². The summed E-state index contributed by atoms with van der Waals surface area (Å²) in [6.07, 6.45) is 11.0. The second-order valence-electron chi connectivity index (χ2n) is 5.90. The molecule has 21 heavy (non-hydrogen) atoms. The van der Waals surface area contributed by atoms with Gasteiger partial charge < -0.3 is 0 Å². The summed E-state index contributed by atoms with van der Waals surface area (Å²) < 4.78 is 0. The van der Waals surface area contributed by atoms with Gasteiger partial charge in [-0.3, -0.25) is 19.8 Å². The number of amides is 4. The highest BCUT2D eigenvalue weighted by Gasteiger charge is 2.54. The van der Waals surface area contributed by atoms with Crippen molar-refractivity contribution in [2.45, 2.75) is 64.3 Å². The number of carbonyl (C=O) groups is 3. The fourth-order valence-corrected chi connectivity index (χ4v) is 3.36. The van der Waals surface area contributed by atoms with E-state index in [2.05, 4.69) is 11.2 Å². The number of carbonyl (C=O) groups excluding carboxylic acids is 3. The highest BCUT2D eigenvalue weighted by molar-refractivity contribution is 6.19. The van der Waals surface area contributed by atoms with Gasteiger partial charge in [0, 0.05) is 6.42 Å². The number of hydrogen-bond donors (Lipinski definition) is 1. The van der Waals surface area contributed by atoms with Gasteiger partial charge in [-0.05, 0) is 19.3 Å². The predicted octanol–water partition coefficient (Wildman–Crippen LogP) is 2.21. The number of nitrogens with one attached hydrogen (secondary N) is 1. The predicted molar refractivity (Wildman–Crippen MR) is 78.0 cm³/mol. The summed E-state index contributed by atoms with van der Waals surface area (Å²) in [5, 5.41) is 2.38. The van der Waals surface area contributed by atoms with Crippen LogP contribution in [0.5, 0.6) is 0 Å². The van der Waals surface area contributed by atoms with E-state index in [-0.39, 0.29) is 11.9 Å². The van der Waals surface area contributed by atoms with Gasteiger partial charge in [-0.2, -0.15) is 0 Å². The van der Waals surface area contributed by atoms with Gasteiger partial charge >= 0.3 is 6.03 Å². The second-order valence-corrected chi connectivity index (χ2v) is 5.90. The Balaban J connectivity index is 2.35. The lowest BCUT2D eigenvalue weighted by molar-refractivity contribution is -0.154. The Labute approximate surface area is 125 Å². The molecule has 1 heterocycles. The van der Waals surface area contributed by atoms with Crippen LogP contribution >= 0.6 is 0 Å². The van der Waals surface area contributed by atoms with E-state index < -0.39 is 17.4 Å². The number of urea groups is 1. The molecule has 1 N–H and O–H groups in total. The number of barbiturate groups is 1. The van der Waals surface area contributed by atoms with E-state index in [4.69, 9.17) is 6.42 Å². The van der Waals surface area contributed by atoms with Crippen molar-refractivity contribution in [2.75, 3.05) is 0 Å². The lowest BCUT2D eigenvalue weighted by Gasteiger charge is -2.41. The first-order chi connectivity index (χ1) is 10.1. The summed E-state index contributed by atoms with van der Waals surface area (Å²) in [5.41, 5.74) is -1.06. The average molecular weight is 290 g/mol. The number of rotatable bonds is 3. The molecule has 1 saturated carbocycles. The summed E-state index contributed by atoms with van der Waals surface area (Å²) in [6, 6.07) is -0.960. The lowest BCUT2D eigenvalue weighted by atomic mass is 9.76. The Bertz CT molecular complexity index is 484. The molecule has 1 unspecified atom stereocenters. The van der Waals surface area contributed by atoms with Crippen LogP contribution < -0.4 is 5.32 Å². The molecule has 1 saturated heterocycles. The van der Waals surface area contributed by atoms with E-state index in [0.717, 1.165) is 25.7 Å². The maximum absolute atomic E-state index is 12.9. The van der Waals surface area contributed by atoms with Crippen molar-refractivity contribution in [1.82, 2.24) is 10.2 Å². The Hall–Kier alpha value is -1.83. The van der Waals surface area contributed by atoms with Crippen LogP contribution in [0, 0.1) is 17.8 Å². The average Bonchev–Trinajstić information content (AvgIpc) is 2.71. The fraction of sp³-hybridized carbons (Fsp3) is 0.688. The molecule has 1 spiro atoms. The van der Waals surface area contributed by atoms with E-state index in [0.29, 0.717) is 25.7 Å². The van der Waals surface area contributed by atoms with Crippen LogP contribution in [0.1, 0.15) is 58.3 Å². The molecule has 0 aromatic carbocycles. The van der Waals surface area contributed by atoms with Crippen LogP contribution in [0.4, 0.5) is 4.79 Å². The minimum Gasteiger partial charge on any atom is -0.277 e. The minimum atomic E-state index is -1.06. The molecule has 0 aromatic heterocycles. The van der Waals surface area contributed by atoms with E-state index >= 15 is 0 Å². The summed E-state index contributed by atoms with van der Waals surface area (Å²) in [6.45, 7) is 1.89. The third-order valence-corrected chi connectivity index (χ3v) is 4.65. The van der Waals surface area contributed by atoms with Crippen LogP contribution in [-0.2, 0) is 9.59 Å². The van der Waals surface area contributed by atoms with E-state index in [1.54, 1.807) is 0 Å². The molecular weight excluding hydrogens is 268 g/mol. The molecule has 1 aliphatic heterocycles. The summed E-state index contributed by atoms with van der Waals surface area (Å²) >= 11 is 0. The molecular formula is C16H22N2O3. The topological polar surface area (TPSA) is 66.5 Å². The lowest BCUT2D eigenvalue weighted by Crippen LogP contribution is -2.65. The molecule has 0 radical (unpaired) electrons. The molecule has 5 nitrogen and oxygen atoms in total. The molecule has 1 aliphatic carbocycles. The molecule has 2 fully saturated rings. The van der Waals surface area contributed by atoms with Crippen molar-refractivity contribution in [1.29, 1.82) is 0 Å². The van der Waals surface area contributed by atoms with Crippen molar-refractivity contribution in [3.63, 3.8) is 0 Å². The first-order valence-electron chi connectivity index (χ1n) is 7.69. The Morgan fingerprint density at radius 3 is 2.38 bits per heavy atom. The fourth-order valence-electron chi connectivity index (χ4n) is 3.36. The highest BCUT2D eigenvalue weighted by atomic mass is 16.2. The minimum absolute atomic E-state index is 0.319. The van der Waals surface area contributed by atoms with Gasteiger partial charge in [-0.25, -0.2) is 4.79 Å². The van der Waals surface area contributed by atoms with Gasteiger partial charge in [0.1, 0.15) is 5.41 Å². The molecule has 4 amide bonds. The molecule has 2 aliphatic rings. The van der Waals surface area contributed by atoms with Crippen molar-refractivity contribution in [2.24, 2.45) is 5.41 Å². The summed E-state index contributed by atoms with van der Waals surface area (Å²) in [5.74, 6) is 1.74. The van der Waals surface area contributed by atoms with Gasteiger partial charge in [-0.15, -0.1) is 12.3 Å². The molecule has 114 valence electrons. The smallest absolute Gasteiger partial charge is 0.277 e. The summed E-state index contributed by atoms with van der Waals surface area (Å²) in [7, 11) is 0. The van der Waals surface area contributed by atoms with Crippen LogP contribution in [-0.4, -0.2) is 28.8 Å². The van der Waals surface area contributed by atoms with Gasteiger partial charge in [0.15, 0.2) is 0 Å². The third kappa shape index (κ3) is 2.67. The number of nitrogens with zero attached hydrogens (tertiary/aromatic N) is 1. The SMILES string of the molecule is C#CCC(CC)N1C(=O)NC(=O)C2(CCCCCC2)C1=O. The molecule has 0 bridgehead atoms. The second kappa shape index (κ2) is 6.30. The highest BCUT2D eigenvalue weighted by Crippen LogP contribution is 2.40. The Morgan fingerprint density at radius 1 is 1.24 bits per heavy atom. The van der Waals surface area contributed by atoms with Crippen molar-refractivity contribution in [3.05, 3.63) is 0 Å². The normalized spacial score (nSPS) is 23.4. The van der Waals surface area contributed by atoms with Crippen molar-refractivity contribution in [3.8, 4) is 12.3 Å². The molecule has 5 heteroatoms. The first-order valence-corrected chi connectivity index (χ1v) is 7.69. The van der Waals surface area contributed by atoms with Crippen LogP contribution in [0.15, 0.2) is 0 Å². The molecule has 1 atom stereocenters. The maximum atomic E-state index is 12.9. The quantitative estimate of drug-likeness (QED) is 0.640. The van der Waals surface area contributed by atoms with Crippen molar-refractivity contribution >= 4 is 17.8 Å². The molecule has 0 aromatic rings. The molecule has 2 rings (SSSR count). The zero-order chi connectivity index (χ0) is 15.5. The summed E-state index contributed by atoms with van der Waals surface area (Å²) in [4.78, 5) is 38.6. The monoisotopic (exact) mass is 290 g/mol. The van der Waals surface area contributed by atoms with Crippen LogP contribution in [0.2, 0.25) is 0 Å². The zero-order valence-electron chi connectivity index (χ0n) is 12.5. The third-order valence-electron chi connectivity index (χ3n) is 4.65. The Morgan fingerprint density at radius 2 is 1.86 bits per heavy atom.